The number of hydrogen-bond acceptors (Lipinski definition) is 4. The summed E-state index contributed by atoms with van der Waals surface area (Å²) >= 11 is 0. The number of pyridine rings is 1. The molecule has 0 saturated carbocycles. The molecule has 102 valence electrons. The second kappa shape index (κ2) is 5.09. The Morgan fingerprint density at radius 2 is 1.95 bits per heavy atom. The Bertz CT molecular complexity index is 677. The Hall–Kier alpha value is -2.75. The summed E-state index contributed by atoms with van der Waals surface area (Å²) in [7, 11) is 0. The van der Waals surface area contributed by atoms with E-state index < -0.39 is 11.7 Å². The van der Waals surface area contributed by atoms with Crippen molar-refractivity contribution in [1.29, 1.82) is 5.26 Å². The van der Waals surface area contributed by atoms with Gasteiger partial charge in [0, 0.05) is 6.20 Å². The molecule has 2 rings (SSSR count). The molecule has 0 saturated heterocycles. The molecule has 0 spiro atoms. The normalized spacial score (nSPS) is 10.9. The van der Waals surface area contributed by atoms with Crippen LogP contribution in [0.2, 0.25) is 0 Å². The van der Waals surface area contributed by atoms with E-state index in [0.29, 0.717) is 0 Å². The van der Waals surface area contributed by atoms with Crippen molar-refractivity contribution in [2.24, 2.45) is 0 Å². The standard InChI is InChI=1S/C13H8F3N3O/c14-13(15,16)9-1-2-11(10(18)5-9)20-12-7-19-4-3-8(12)6-17/h1-5,7H,18H2. The number of ether oxygens (including phenoxy) is 1. The minimum absolute atomic E-state index is 0.0301. The van der Waals surface area contributed by atoms with Crippen molar-refractivity contribution in [2.75, 3.05) is 5.73 Å². The summed E-state index contributed by atoms with van der Waals surface area (Å²) in [5, 5.41) is 8.88. The van der Waals surface area contributed by atoms with E-state index in [-0.39, 0.29) is 22.7 Å². The molecule has 1 aromatic heterocycles. The minimum Gasteiger partial charge on any atom is -0.452 e. The van der Waals surface area contributed by atoms with Crippen molar-refractivity contribution in [3.8, 4) is 17.6 Å². The monoisotopic (exact) mass is 279 g/mol. The number of alkyl halides is 3. The average Bonchev–Trinajstić information content (AvgIpc) is 2.40. The number of halogens is 3. The summed E-state index contributed by atoms with van der Waals surface area (Å²) in [6.45, 7) is 0. The third-order valence-corrected chi connectivity index (χ3v) is 2.46. The van der Waals surface area contributed by atoms with Crippen molar-refractivity contribution >= 4 is 5.69 Å². The largest absolute Gasteiger partial charge is 0.452 e. The van der Waals surface area contributed by atoms with E-state index in [0.717, 1.165) is 18.2 Å². The summed E-state index contributed by atoms with van der Waals surface area (Å²) in [4.78, 5) is 3.78. The average molecular weight is 279 g/mol. The summed E-state index contributed by atoms with van der Waals surface area (Å²) in [5.74, 6) is 0.156. The van der Waals surface area contributed by atoms with Gasteiger partial charge in [-0.15, -0.1) is 0 Å². The number of nitriles is 1. The molecule has 2 N–H and O–H groups in total. The SMILES string of the molecule is N#Cc1ccncc1Oc1ccc(C(F)(F)F)cc1N. The molecule has 0 fully saturated rings. The lowest BCUT2D eigenvalue weighted by atomic mass is 10.2. The first-order valence-electron chi connectivity index (χ1n) is 5.40. The molecule has 7 heteroatoms. The van der Waals surface area contributed by atoms with E-state index in [4.69, 9.17) is 15.7 Å². The number of nitrogens with two attached hydrogens (primary N) is 1. The highest BCUT2D eigenvalue weighted by Crippen LogP contribution is 2.35. The molecule has 0 aliphatic carbocycles. The molecule has 0 unspecified atom stereocenters. The van der Waals surface area contributed by atoms with Gasteiger partial charge < -0.3 is 10.5 Å². The van der Waals surface area contributed by atoms with Crippen LogP contribution in [0.25, 0.3) is 0 Å². The first-order valence-corrected chi connectivity index (χ1v) is 5.40. The molecule has 1 heterocycles. The van der Waals surface area contributed by atoms with Crippen molar-refractivity contribution in [1.82, 2.24) is 4.98 Å². The van der Waals surface area contributed by atoms with Crippen LogP contribution in [-0.2, 0) is 6.18 Å². The topological polar surface area (TPSA) is 71.9 Å². The zero-order chi connectivity index (χ0) is 14.8. The van der Waals surface area contributed by atoms with Gasteiger partial charge in [-0.05, 0) is 24.3 Å². The van der Waals surface area contributed by atoms with Crippen LogP contribution in [0, 0.1) is 11.3 Å². The second-order valence-corrected chi connectivity index (χ2v) is 3.84. The van der Waals surface area contributed by atoms with Crippen LogP contribution in [0.1, 0.15) is 11.1 Å². The van der Waals surface area contributed by atoms with E-state index in [9.17, 15) is 13.2 Å². The fourth-order valence-electron chi connectivity index (χ4n) is 1.49. The van der Waals surface area contributed by atoms with Gasteiger partial charge in [-0.25, -0.2) is 0 Å². The highest BCUT2D eigenvalue weighted by atomic mass is 19.4. The quantitative estimate of drug-likeness (QED) is 0.856. The lowest BCUT2D eigenvalue weighted by Gasteiger charge is -2.12. The Kier molecular flexibility index (Phi) is 3.48. The number of benzene rings is 1. The number of anilines is 1. The number of aromatic nitrogens is 1. The Morgan fingerprint density at radius 1 is 1.20 bits per heavy atom. The summed E-state index contributed by atoms with van der Waals surface area (Å²) in [5.41, 5.74) is 4.70. The van der Waals surface area contributed by atoms with E-state index in [1.807, 2.05) is 6.07 Å². The first kappa shape index (κ1) is 13.7. The summed E-state index contributed by atoms with van der Waals surface area (Å²) in [6.07, 6.45) is -1.78. The van der Waals surface area contributed by atoms with Gasteiger partial charge in [-0.1, -0.05) is 0 Å². The first-order chi connectivity index (χ1) is 9.41. The van der Waals surface area contributed by atoms with Crippen LogP contribution in [0.5, 0.6) is 11.5 Å². The van der Waals surface area contributed by atoms with Gasteiger partial charge in [0.2, 0.25) is 0 Å². The molecule has 0 bridgehead atoms. The van der Waals surface area contributed by atoms with Gasteiger partial charge in [0.15, 0.2) is 5.75 Å². The van der Waals surface area contributed by atoms with Crippen LogP contribution in [0.3, 0.4) is 0 Å². The van der Waals surface area contributed by atoms with Crippen LogP contribution in [0.4, 0.5) is 18.9 Å². The van der Waals surface area contributed by atoms with E-state index in [1.165, 1.54) is 18.5 Å². The van der Waals surface area contributed by atoms with E-state index >= 15 is 0 Å². The minimum atomic E-state index is -4.47. The van der Waals surface area contributed by atoms with Gasteiger partial charge >= 0.3 is 6.18 Å². The molecule has 0 atom stereocenters. The zero-order valence-electron chi connectivity index (χ0n) is 9.98. The van der Waals surface area contributed by atoms with Crippen molar-refractivity contribution in [3.05, 3.63) is 47.8 Å². The predicted octanol–water partition coefficient (Wildman–Crippen LogP) is 3.35. The van der Waals surface area contributed by atoms with Gasteiger partial charge in [-0.2, -0.15) is 18.4 Å². The van der Waals surface area contributed by atoms with E-state index in [1.54, 1.807) is 0 Å². The van der Waals surface area contributed by atoms with Crippen LogP contribution < -0.4 is 10.5 Å². The number of rotatable bonds is 2. The fourth-order valence-corrected chi connectivity index (χ4v) is 1.49. The molecular formula is C13H8F3N3O. The molecule has 0 aliphatic rings. The Labute approximate surface area is 112 Å². The molecule has 4 nitrogen and oxygen atoms in total. The maximum Gasteiger partial charge on any atom is 0.416 e. The van der Waals surface area contributed by atoms with E-state index in [2.05, 4.69) is 4.98 Å². The highest BCUT2D eigenvalue weighted by molar-refractivity contribution is 5.57. The third kappa shape index (κ3) is 2.80. The maximum absolute atomic E-state index is 12.5. The summed E-state index contributed by atoms with van der Waals surface area (Å²) < 4.78 is 42.8. The molecule has 0 radical (unpaired) electrons. The maximum atomic E-state index is 12.5. The molecule has 1 aromatic carbocycles. The highest BCUT2D eigenvalue weighted by Gasteiger charge is 2.31. The molecule has 20 heavy (non-hydrogen) atoms. The van der Waals surface area contributed by atoms with Crippen LogP contribution in [0.15, 0.2) is 36.7 Å². The molecule has 2 aromatic rings. The lowest BCUT2D eigenvalue weighted by Crippen LogP contribution is -2.06. The number of hydrogen-bond donors (Lipinski definition) is 1. The number of nitrogens with zero attached hydrogens (tertiary/aromatic N) is 2. The van der Waals surface area contributed by atoms with Crippen LogP contribution in [-0.4, -0.2) is 4.98 Å². The van der Waals surface area contributed by atoms with Gasteiger partial charge in [0.1, 0.15) is 11.8 Å². The molecular weight excluding hydrogens is 271 g/mol. The fraction of sp³-hybridized carbons (Fsp3) is 0.0769. The van der Waals surface area contributed by atoms with Gasteiger partial charge in [0.25, 0.3) is 0 Å². The van der Waals surface area contributed by atoms with Gasteiger partial charge in [0.05, 0.1) is 23.0 Å². The lowest BCUT2D eigenvalue weighted by molar-refractivity contribution is -0.137. The van der Waals surface area contributed by atoms with Crippen LogP contribution >= 0.6 is 0 Å². The Balaban J connectivity index is 2.34. The second-order valence-electron chi connectivity index (χ2n) is 3.84. The van der Waals surface area contributed by atoms with Crippen molar-refractivity contribution < 1.29 is 17.9 Å². The third-order valence-electron chi connectivity index (χ3n) is 2.46. The number of nitrogen functional groups attached to an aromatic ring is 1. The zero-order valence-corrected chi connectivity index (χ0v) is 9.98. The Morgan fingerprint density at radius 3 is 2.55 bits per heavy atom. The van der Waals surface area contributed by atoms with Crippen molar-refractivity contribution in [2.45, 2.75) is 6.18 Å². The molecule has 0 amide bonds. The predicted molar refractivity (Wildman–Crippen MR) is 64.9 cm³/mol. The molecule has 0 aliphatic heterocycles. The van der Waals surface area contributed by atoms with Crippen molar-refractivity contribution in [3.63, 3.8) is 0 Å². The summed E-state index contributed by atoms with van der Waals surface area (Å²) in [6, 6.07) is 6.05. The van der Waals surface area contributed by atoms with Gasteiger partial charge in [-0.3, -0.25) is 4.98 Å². The smallest absolute Gasteiger partial charge is 0.416 e.